The molecule has 1 aromatic carbocycles. The van der Waals surface area contributed by atoms with Gasteiger partial charge in [0.1, 0.15) is 0 Å². The van der Waals surface area contributed by atoms with Crippen molar-refractivity contribution < 1.29 is 4.79 Å². The number of hydrogen-bond donors (Lipinski definition) is 2. The van der Waals surface area contributed by atoms with Gasteiger partial charge in [0, 0.05) is 13.1 Å². The normalized spacial score (nSPS) is 11.9. The predicted molar refractivity (Wildman–Crippen MR) is 96.9 cm³/mol. The standard InChI is InChI=1S/C16H22N4OS2/c1-3-4-10-17-15-19-20-16(23-15)22-12(2)14(21)18-11-13-8-6-5-7-9-13/h5-9,12H,3-4,10-11H2,1-2H3,(H,17,19)(H,18,21). The second kappa shape index (κ2) is 9.52. The first-order valence-corrected chi connectivity index (χ1v) is 9.44. The van der Waals surface area contributed by atoms with Gasteiger partial charge in [0.25, 0.3) is 0 Å². The number of thioether (sulfide) groups is 1. The van der Waals surface area contributed by atoms with E-state index in [9.17, 15) is 4.79 Å². The van der Waals surface area contributed by atoms with Crippen LogP contribution < -0.4 is 10.6 Å². The minimum absolute atomic E-state index is 0.00884. The Kier molecular flexibility index (Phi) is 7.35. The number of rotatable bonds is 9. The average molecular weight is 351 g/mol. The minimum atomic E-state index is -0.199. The molecule has 1 unspecified atom stereocenters. The highest BCUT2D eigenvalue weighted by molar-refractivity contribution is 8.02. The van der Waals surface area contributed by atoms with Gasteiger partial charge in [-0.05, 0) is 18.9 Å². The van der Waals surface area contributed by atoms with E-state index in [2.05, 4.69) is 27.8 Å². The molecular formula is C16H22N4OS2. The summed E-state index contributed by atoms with van der Waals surface area (Å²) in [6, 6.07) is 9.89. The summed E-state index contributed by atoms with van der Waals surface area (Å²) >= 11 is 2.93. The molecule has 0 fully saturated rings. The van der Waals surface area contributed by atoms with Crippen LogP contribution in [0.4, 0.5) is 5.13 Å². The van der Waals surface area contributed by atoms with Crippen LogP contribution in [0.2, 0.25) is 0 Å². The van der Waals surface area contributed by atoms with Crippen LogP contribution in [-0.4, -0.2) is 27.9 Å². The lowest BCUT2D eigenvalue weighted by molar-refractivity contribution is -0.120. The van der Waals surface area contributed by atoms with Gasteiger partial charge >= 0.3 is 0 Å². The topological polar surface area (TPSA) is 66.9 Å². The number of nitrogens with one attached hydrogen (secondary N) is 2. The summed E-state index contributed by atoms with van der Waals surface area (Å²) in [6.45, 7) is 5.49. The number of benzene rings is 1. The van der Waals surface area contributed by atoms with E-state index >= 15 is 0 Å². The largest absolute Gasteiger partial charge is 0.360 e. The van der Waals surface area contributed by atoms with Crippen LogP contribution in [-0.2, 0) is 11.3 Å². The second-order valence-electron chi connectivity index (χ2n) is 5.12. The molecule has 2 aromatic rings. The van der Waals surface area contributed by atoms with E-state index in [0.717, 1.165) is 34.4 Å². The molecule has 0 aliphatic carbocycles. The summed E-state index contributed by atoms with van der Waals surface area (Å²) in [5.74, 6) is 0.00884. The first kappa shape index (κ1) is 17.7. The molecule has 124 valence electrons. The van der Waals surface area contributed by atoms with E-state index < -0.39 is 0 Å². The SMILES string of the molecule is CCCCNc1nnc(SC(C)C(=O)NCc2ccccc2)s1. The third kappa shape index (κ3) is 6.19. The number of hydrogen-bond acceptors (Lipinski definition) is 6. The van der Waals surface area contributed by atoms with Crippen molar-refractivity contribution in [1.82, 2.24) is 15.5 Å². The minimum Gasteiger partial charge on any atom is -0.360 e. The van der Waals surface area contributed by atoms with Gasteiger partial charge in [-0.3, -0.25) is 4.79 Å². The fourth-order valence-corrected chi connectivity index (χ4v) is 3.78. The lowest BCUT2D eigenvalue weighted by Gasteiger charge is -2.10. The maximum atomic E-state index is 12.1. The number of carbonyl (C=O) groups excluding carboxylic acids is 1. The van der Waals surface area contributed by atoms with Crippen molar-refractivity contribution >= 4 is 34.1 Å². The average Bonchev–Trinajstić information content (AvgIpc) is 3.01. The second-order valence-corrected chi connectivity index (χ2v) is 7.68. The van der Waals surface area contributed by atoms with Crippen LogP contribution in [0.5, 0.6) is 0 Å². The molecule has 0 saturated heterocycles. The molecule has 1 amide bonds. The van der Waals surface area contributed by atoms with Gasteiger partial charge in [-0.15, -0.1) is 10.2 Å². The molecule has 23 heavy (non-hydrogen) atoms. The third-order valence-electron chi connectivity index (χ3n) is 3.17. The van der Waals surface area contributed by atoms with Crippen molar-refractivity contribution in [3.8, 4) is 0 Å². The van der Waals surface area contributed by atoms with Crippen LogP contribution in [0, 0.1) is 0 Å². The van der Waals surface area contributed by atoms with Gasteiger partial charge in [0.2, 0.25) is 11.0 Å². The predicted octanol–water partition coefficient (Wildman–Crippen LogP) is 3.55. The van der Waals surface area contributed by atoms with Crippen molar-refractivity contribution in [3.05, 3.63) is 35.9 Å². The van der Waals surface area contributed by atoms with Crippen molar-refractivity contribution in [1.29, 1.82) is 0 Å². The smallest absolute Gasteiger partial charge is 0.233 e. The van der Waals surface area contributed by atoms with E-state index in [-0.39, 0.29) is 11.2 Å². The highest BCUT2D eigenvalue weighted by atomic mass is 32.2. The first-order chi connectivity index (χ1) is 11.2. The van der Waals surface area contributed by atoms with Crippen LogP contribution in [0.3, 0.4) is 0 Å². The van der Waals surface area contributed by atoms with E-state index in [0.29, 0.717) is 6.54 Å². The molecule has 7 heteroatoms. The Labute approximate surface area is 145 Å². The van der Waals surface area contributed by atoms with Crippen LogP contribution in [0.25, 0.3) is 0 Å². The summed E-state index contributed by atoms with van der Waals surface area (Å²) in [6.07, 6.45) is 2.26. The van der Waals surface area contributed by atoms with E-state index in [1.807, 2.05) is 37.3 Å². The zero-order chi connectivity index (χ0) is 16.5. The molecule has 0 saturated carbocycles. The molecule has 1 heterocycles. The monoisotopic (exact) mass is 350 g/mol. The maximum Gasteiger partial charge on any atom is 0.233 e. The molecule has 0 aliphatic rings. The highest BCUT2D eigenvalue weighted by Crippen LogP contribution is 2.28. The summed E-state index contributed by atoms with van der Waals surface area (Å²) in [4.78, 5) is 12.1. The number of aromatic nitrogens is 2. The summed E-state index contributed by atoms with van der Waals surface area (Å²) in [5, 5.41) is 15.0. The number of nitrogens with zero attached hydrogens (tertiary/aromatic N) is 2. The summed E-state index contributed by atoms with van der Waals surface area (Å²) in [7, 11) is 0. The Morgan fingerprint density at radius 1 is 1.30 bits per heavy atom. The fourth-order valence-electron chi connectivity index (χ4n) is 1.83. The van der Waals surface area contributed by atoms with E-state index in [1.54, 1.807) is 0 Å². The van der Waals surface area contributed by atoms with Gasteiger partial charge < -0.3 is 10.6 Å². The zero-order valence-electron chi connectivity index (χ0n) is 13.4. The first-order valence-electron chi connectivity index (χ1n) is 7.74. The Bertz CT molecular complexity index is 603. The Hall–Kier alpha value is -1.60. The number of unbranched alkanes of at least 4 members (excludes halogenated alkanes) is 1. The Balaban J connectivity index is 1.77. The van der Waals surface area contributed by atoms with Crippen molar-refractivity contribution in [2.45, 2.75) is 42.8 Å². The molecule has 5 nitrogen and oxygen atoms in total. The lowest BCUT2D eigenvalue weighted by Crippen LogP contribution is -2.30. The Morgan fingerprint density at radius 2 is 2.09 bits per heavy atom. The molecule has 0 spiro atoms. The maximum absolute atomic E-state index is 12.1. The van der Waals surface area contributed by atoms with E-state index in [4.69, 9.17) is 0 Å². The number of amides is 1. The van der Waals surface area contributed by atoms with Gasteiger partial charge in [-0.25, -0.2) is 0 Å². The molecule has 2 rings (SSSR count). The van der Waals surface area contributed by atoms with Gasteiger partial charge in [-0.1, -0.05) is 66.8 Å². The van der Waals surface area contributed by atoms with Gasteiger partial charge in [0.05, 0.1) is 5.25 Å². The lowest BCUT2D eigenvalue weighted by atomic mass is 10.2. The summed E-state index contributed by atoms with van der Waals surface area (Å²) in [5.41, 5.74) is 1.09. The van der Waals surface area contributed by atoms with Crippen LogP contribution >= 0.6 is 23.1 Å². The third-order valence-corrected chi connectivity index (χ3v) is 5.23. The van der Waals surface area contributed by atoms with Crippen molar-refractivity contribution in [3.63, 3.8) is 0 Å². The van der Waals surface area contributed by atoms with E-state index in [1.165, 1.54) is 23.1 Å². The summed E-state index contributed by atoms with van der Waals surface area (Å²) < 4.78 is 0.811. The van der Waals surface area contributed by atoms with Crippen molar-refractivity contribution in [2.24, 2.45) is 0 Å². The molecule has 0 bridgehead atoms. The molecule has 2 N–H and O–H groups in total. The number of anilines is 1. The Morgan fingerprint density at radius 3 is 2.83 bits per heavy atom. The zero-order valence-corrected chi connectivity index (χ0v) is 15.0. The molecule has 0 radical (unpaired) electrons. The highest BCUT2D eigenvalue weighted by Gasteiger charge is 2.16. The molecule has 0 aliphatic heterocycles. The molecule has 1 atom stereocenters. The van der Waals surface area contributed by atoms with Gasteiger partial charge in [-0.2, -0.15) is 0 Å². The van der Waals surface area contributed by atoms with Crippen molar-refractivity contribution in [2.75, 3.05) is 11.9 Å². The quantitative estimate of drug-likeness (QED) is 0.535. The van der Waals surface area contributed by atoms with Gasteiger partial charge in [0.15, 0.2) is 4.34 Å². The van der Waals surface area contributed by atoms with Crippen LogP contribution in [0.1, 0.15) is 32.3 Å². The fraction of sp³-hybridized carbons (Fsp3) is 0.438. The number of carbonyl (C=O) groups is 1. The van der Waals surface area contributed by atoms with Crippen LogP contribution in [0.15, 0.2) is 34.7 Å². The molecule has 1 aromatic heterocycles. The molecular weight excluding hydrogens is 328 g/mol.